The first-order valence-corrected chi connectivity index (χ1v) is 13.7. The van der Waals surface area contributed by atoms with Gasteiger partial charge in [0.1, 0.15) is 0 Å². The minimum Gasteiger partial charge on any atom is -0.481 e. The van der Waals surface area contributed by atoms with Crippen LogP contribution in [0.2, 0.25) is 0 Å². The van der Waals surface area contributed by atoms with Crippen LogP contribution in [0.3, 0.4) is 0 Å². The zero-order valence-electron chi connectivity index (χ0n) is 19.5. The number of likely N-dealkylation sites (tertiary alicyclic amines) is 1. The molecule has 0 unspecified atom stereocenters. The fourth-order valence-electron chi connectivity index (χ4n) is 7.04. The molecular weight excluding hydrogens is 486 g/mol. The van der Waals surface area contributed by atoms with E-state index in [-0.39, 0.29) is 76.8 Å². The maximum absolute atomic E-state index is 13.4. The Morgan fingerprint density at radius 1 is 1.11 bits per heavy atom. The molecule has 2 aliphatic carbocycles. The van der Waals surface area contributed by atoms with Gasteiger partial charge in [-0.05, 0) is 48.3 Å². The molecule has 2 bridgehead atoms. The molecule has 2 amide bonds. The summed E-state index contributed by atoms with van der Waals surface area (Å²) in [5, 5.41) is 10.0. The number of thiazole rings is 1. The largest absolute Gasteiger partial charge is 0.481 e. The average molecular weight is 514 g/mol. The molecule has 2 aromatic rings. The monoisotopic (exact) mass is 513 g/mol. The number of H-pyrrole nitrogens is 1. The van der Waals surface area contributed by atoms with Gasteiger partial charge in [-0.15, -0.1) is 11.8 Å². The summed E-state index contributed by atoms with van der Waals surface area (Å²) in [6.07, 6.45) is 1.07. The van der Waals surface area contributed by atoms with Gasteiger partial charge in [0.25, 0.3) is 0 Å². The second-order valence-corrected chi connectivity index (χ2v) is 12.5. The van der Waals surface area contributed by atoms with Crippen molar-refractivity contribution in [2.24, 2.45) is 29.6 Å². The first kappa shape index (κ1) is 22.8. The summed E-state index contributed by atoms with van der Waals surface area (Å²) in [5.41, 5.74) is 2.24. The number of imide groups is 1. The Bertz CT molecular complexity index is 1270. The van der Waals surface area contributed by atoms with Gasteiger partial charge in [-0.2, -0.15) is 0 Å². The number of benzene rings is 1. The third kappa shape index (κ3) is 3.40. The van der Waals surface area contributed by atoms with Gasteiger partial charge in [-0.1, -0.05) is 23.5 Å². The molecule has 8 nitrogen and oxygen atoms in total. The lowest BCUT2D eigenvalue weighted by Gasteiger charge is -2.43. The Labute approximate surface area is 210 Å². The van der Waals surface area contributed by atoms with E-state index in [0.29, 0.717) is 0 Å². The van der Waals surface area contributed by atoms with Crippen molar-refractivity contribution in [3.05, 3.63) is 44.4 Å². The summed E-state index contributed by atoms with van der Waals surface area (Å²) >= 11 is 2.94. The molecule has 184 valence electrons. The molecule has 2 aliphatic heterocycles. The number of thioether (sulfide) groups is 1. The minimum absolute atomic E-state index is 0.0105. The standard InChI is InChI=1S/C25H27N3O5S2/c1-27(2)12-7-5-11(6-8-12)16-17-13-10-14(20(17)34-22-21(16)35-25(33)26-22)19-18(13)23(31)28(24(19)32)9-3-4-15(29)30/h5-8,13-14,16-20H,3-4,9-10H2,1-2H3,(H,26,33)(H,29,30)/t13-,14+,16+,17+,18+,19+,20-/m0/s1. The van der Waals surface area contributed by atoms with Gasteiger partial charge >= 0.3 is 10.8 Å². The van der Waals surface area contributed by atoms with E-state index < -0.39 is 5.97 Å². The van der Waals surface area contributed by atoms with E-state index in [4.69, 9.17) is 5.11 Å². The van der Waals surface area contributed by atoms with Gasteiger partial charge in [0.2, 0.25) is 11.8 Å². The second-order valence-electron chi connectivity index (χ2n) is 10.3. The first-order chi connectivity index (χ1) is 16.8. The third-order valence-electron chi connectivity index (χ3n) is 8.36. The fourth-order valence-corrected chi connectivity index (χ4v) is 9.93. The Hall–Kier alpha value is -2.59. The third-order valence-corrected chi connectivity index (χ3v) is 10.9. The van der Waals surface area contributed by atoms with Crippen molar-refractivity contribution < 1.29 is 19.5 Å². The Balaban J connectivity index is 1.36. The lowest BCUT2D eigenvalue weighted by atomic mass is 9.68. The van der Waals surface area contributed by atoms with Crippen LogP contribution in [0, 0.1) is 29.6 Å². The highest BCUT2D eigenvalue weighted by Crippen LogP contribution is 2.68. The molecule has 7 atom stereocenters. The molecular formula is C25H27N3O5S2. The minimum atomic E-state index is -0.921. The summed E-state index contributed by atoms with van der Waals surface area (Å²) in [5.74, 6) is -1.50. The number of aromatic nitrogens is 1. The highest BCUT2D eigenvalue weighted by Gasteiger charge is 2.69. The van der Waals surface area contributed by atoms with Gasteiger partial charge in [-0.25, -0.2) is 0 Å². The maximum atomic E-state index is 13.4. The molecule has 1 aromatic heterocycles. The summed E-state index contributed by atoms with van der Waals surface area (Å²) in [4.78, 5) is 57.4. The average Bonchev–Trinajstić information content (AvgIpc) is 3.54. The topological polar surface area (TPSA) is 111 Å². The van der Waals surface area contributed by atoms with E-state index in [9.17, 15) is 19.2 Å². The molecule has 10 heteroatoms. The molecule has 1 saturated heterocycles. The van der Waals surface area contributed by atoms with E-state index in [2.05, 4.69) is 29.2 Å². The zero-order valence-corrected chi connectivity index (χ0v) is 21.1. The summed E-state index contributed by atoms with van der Waals surface area (Å²) in [6.45, 7) is 0.176. The number of anilines is 1. The van der Waals surface area contributed by atoms with E-state index in [1.165, 1.54) is 16.2 Å². The van der Waals surface area contributed by atoms with Gasteiger partial charge < -0.3 is 15.0 Å². The highest BCUT2D eigenvalue weighted by atomic mass is 32.2. The number of carbonyl (C=O) groups excluding carboxylic acids is 2. The van der Waals surface area contributed by atoms with Gasteiger partial charge in [0.15, 0.2) is 0 Å². The smallest absolute Gasteiger partial charge is 0.305 e. The number of carboxylic acids is 1. The predicted octanol–water partition coefficient (Wildman–Crippen LogP) is 2.84. The molecule has 0 radical (unpaired) electrons. The number of fused-ring (bicyclic) bond motifs is 9. The van der Waals surface area contributed by atoms with Crippen molar-refractivity contribution in [1.29, 1.82) is 0 Å². The molecule has 6 rings (SSSR count). The van der Waals surface area contributed by atoms with E-state index >= 15 is 0 Å². The van der Waals surface area contributed by atoms with Crippen LogP contribution in [0.4, 0.5) is 5.69 Å². The SMILES string of the molecule is CN(C)c1ccc([C@H]2c3sc(=O)[nH]c3S[C@H]3[C@@H]4C[C@H]([C@H]5C(=O)N(CCCC(=O)O)C(=O)[C@H]45)[C@H]23)cc1. The number of aliphatic carboxylic acids is 1. The lowest BCUT2D eigenvalue weighted by Crippen LogP contribution is -2.42. The first-order valence-electron chi connectivity index (χ1n) is 12.0. The number of carboxylic acid groups (broad SMARTS) is 1. The Morgan fingerprint density at radius 3 is 2.46 bits per heavy atom. The van der Waals surface area contributed by atoms with Crippen molar-refractivity contribution in [2.45, 2.75) is 35.5 Å². The van der Waals surface area contributed by atoms with Crippen LogP contribution in [0.1, 0.15) is 35.6 Å². The number of nitrogens with zero attached hydrogens (tertiary/aromatic N) is 2. The summed E-state index contributed by atoms with van der Waals surface area (Å²) < 4.78 is 0. The van der Waals surface area contributed by atoms with Crippen LogP contribution in [0.15, 0.2) is 34.1 Å². The van der Waals surface area contributed by atoms with Crippen LogP contribution in [0.5, 0.6) is 0 Å². The quantitative estimate of drug-likeness (QED) is 0.572. The second kappa shape index (κ2) is 8.23. The van der Waals surface area contributed by atoms with Crippen molar-refractivity contribution in [3.63, 3.8) is 0 Å². The molecule has 2 N–H and O–H groups in total. The number of carbonyl (C=O) groups is 3. The number of rotatable bonds is 6. The van der Waals surface area contributed by atoms with Crippen molar-refractivity contribution in [2.75, 3.05) is 25.5 Å². The van der Waals surface area contributed by atoms with Crippen LogP contribution < -0.4 is 9.77 Å². The van der Waals surface area contributed by atoms with E-state index in [1.807, 2.05) is 19.0 Å². The predicted molar refractivity (Wildman–Crippen MR) is 133 cm³/mol. The number of hydrogen-bond donors (Lipinski definition) is 2. The van der Waals surface area contributed by atoms with Gasteiger partial charge in [-0.3, -0.25) is 24.1 Å². The van der Waals surface area contributed by atoms with Crippen LogP contribution in [0.25, 0.3) is 0 Å². The molecule has 35 heavy (non-hydrogen) atoms. The molecule has 2 saturated carbocycles. The van der Waals surface area contributed by atoms with Crippen molar-refractivity contribution in [3.8, 4) is 0 Å². The van der Waals surface area contributed by atoms with Crippen LogP contribution in [-0.2, 0) is 14.4 Å². The maximum Gasteiger partial charge on any atom is 0.305 e. The van der Waals surface area contributed by atoms with Crippen LogP contribution >= 0.6 is 23.1 Å². The Kier molecular flexibility index (Phi) is 5.37. The summed E-state index contributed by atoms with van der Waals surface area (Å²) in [7, 11) is 4.00. The number of aromatic amines is 1. The number of hydrogen-bond acceptors (Lipinski definition) is 7. The Morgan fingerprint density at radius 2 is 1.80 bits per heavy atom. The normalized spacial score (nSPS) is 32.5. The molecule has 1 aromatic carbocycles. The van der Waals surface area contributed by atoms with E-state index in [1.54, 1.807) is 11.8 Å². The number of amides is 2. The van der Waals surface area contributed by atoms with Crippen molar-refractivity contribution >= 4 is 46.6 Å². The fraction of sp³-hybridized carbons (Fsp3) is 0.520. The molecule has 3 fully saturated rings. The van der Waals surface area contributed by atoms with Gasteiger partial charge in [0.05, 0.1) is 16.9 Å². The number of nitrogens with one attached hydrogen (secondary N) is 1. The zero-order chi connectivity index (χ0) is 24.6. The highest BCUT2D eigenvalue weighted by molar-refractivity contribution is 8.00. The lowest BCUT2D eigenvalue weighted by molar-refractivity contribution is -0.142. The molecule has 3 heterocycles. The van der Waals surface area contributed by atoms with Crippen LogP contribution in [-0.4, -0.2) is 58.7 Å². The molecule has 4 aliphatic rings. The van der Waals surface area contributed by atoms with Gasteiger partial charge in [0, 0.05) is 48.8 Å². The summed E-state index contributed by atoms with van der Waals surface area (Å²) in [6, 6.07) is 8.44. The van der Waals surface area contributed by atoms with E-state index in [0.717, 1.165) is 27.6 Å². The van der Waals surface area contributed by atoms with Crippen molar-refractivity contribution in [1.82, 2.24) is 9.88 Å². The molecule has 0 spiro atoms.